The van der Waals surface area contributed by atoms with E-state index in [1.165, 1.54) is 51.7 Å². The van der Waals surface area contributed by atoms with Gasteiger partial charge in [-0.15, -0.1) is 0 Å². The van der Waals surface area contributed by atoms with Gasteiger partial charge in [0.15, 0.2) is 0 Å². The molecule has 0 aliphatic carbocycles. The fourth-order valence-corrected chi connectivity index (χ4v) is 5.21. The highest BCUT2D eigenvalue weighted by molar-refractivity contribution is 5.78. The van der Waals surface area contributed by atoms with Crippen LogP contribution in [-0.4, -0.2) is 67.7 Å². The number of rotatable bonds is 5. The Kier molecular flexibility index (Phi) is 6.76. The van der Waals surface area contributed by atoms with E-state index in [1.54, 1.807) is 7.11 Å². The highest BCUT2D eigenvalue weighted by Crippen LogP contribution is 2.35. The number of nitrogens with zero attached hydrogens (tertiary/aromatic N) is 2. The third-order valence-corrected chi connectivity index (χ3v) is 7.20. The number of hydrogen-bond acceptors (Lipinski definition) is 4. The van der Waals surface area contributed by atoms with Crippen LogP contribution in [0.4, 0.5) is 0 Å². The summed E-state index contributed by atoms with van der Waals surface area (Å²) in [5.74, 6) is 1.81. The number of amides is 1. The molecule has 0 saturated carbocycles. The lowest BCUT2D eigenvalue weighted by Crippen LogP contribution is -2.49. The molecule has 5 heteroatoms. The van der Waals surface area contributed by atoms with Gasteiger partial charge in [0.2, 0.25) is 5.91 Å². The van der Waals surface area contributed by atoms with Crippen LogP contribution in [0.25, 0.3) is 0 Å². The van der Waals surface area contributed by atoms with Crippen LogP contribution in [0, 0.1) is 5.92 Å². The highest BCUT2D eigenvalue weighted by Gasteiger charge is 2.37. The molecule has 0 atom stereocenters. The van der Waals surface area contributed by atoms with Crippen molar-refractivity contribution in [1.82, 2.24) is 9.80 Å². The molecule has 0 bridgehead atoms. The first-order valence-corrected chi connectivity index (χ1v) is 11.4. The number of methoxy groups -OCH3 is 1. The van der Waals surface area contributed by atoms with Gasteiger partial charge < -0.3 is 19.3 Å². The third kappa shape index (κ3) is 5.32. The lowest BCUT2D eigenvalue weighted by molar-refractivity contribution is -0.132. The van der Waals surface area contributed by atoms with Gasteiger partial charge in [-0.2, -0.15) is 0 Å². The van der Waals surface area contributed by atoms with Crippen molar-refractivity contribution in [3.8, 4) is 5.75 Å². The predicted octanol–water partition coefficient (Wildman–Crippen LogP) is 3.51. The number of carbonyl (C=O) groups excluding carboxylic acids is 1. The molecule has 29 heavy (non-hydrogen) atoms. The van der Waals surface area contributed by atoms with Crippen molar-refractivity contribution in [3.05, 3.63) is 29.8 Å². The van der Waals surface area contributed by atoms with E-state index in [-0.39, 0.29) is 11.5 Å². The molecule has 3 fully saturated rings. The molecule has 0 radical (unpaired) electrons. The molecular weight excluding hydrogens is 364 g/mol. The normalized spacial score (nSPS) is 23.3. The smallest absolute Gasteiger partial charge is 0.226 e. The maximum atomic E-state index is 12.7. The van der Waals surface area contributed by atoms with Crippen LogP contribution in [0.15, 0.2) is 24.3 Å². The zero-order chi connectivity index (χ0) is 20.1. The van der Waals surface area contributed by atoms with Crippen LogP contribution in [0.1, 0.15) is 50.5 Å². The van der Waals surface area contributed by atoms with Gasteiger partial charge in [-0.1, -0.05) is 12.1 Å². The van der Waals surface area contributed by atoms with Crippen LogP contribution in [0.5, 0.6) is 5.75 Å². The van der Waals surface area contributed by atoms with Gasteiger partial charge in [0.25, 0.3) is 0 Å². The summed E-state index contributed by atoms with van der Waals surface area (Å²) >= 11 is 0. The summed E-state index contributed by atoms with van der Waals surface area (Å²) in [6.45, 7) is 6.31. The van der Waals surface area contributed by atoms with E-state index in [9.17, 15) is 4.79 Å². The Hall–Kier alpha value is -1.59. The van der Waals surface area contributed by atoms with Crippen LogP contribution < -0.4 is 4.74 Å². The van der Waals surface area contributed by atoms with Crippen LogP contribution in [-0.2, 0) is 16.0 Å². The van der Waals surface area contributed by atoms with Crippen molar-refractivity contribution >= 4 is 5.91 Å². The summed E-state index contributed by atoms with van der Waals surface area (Å²) in [5, 5.41) is 0. The quantitative estimate of drug-likeness (QED) is 0.759. The molecule has 3 aliphatic rings. The monoisotopic (exact) mass is 400 g/mol. The van der Waals surface area contributed by atoms with Crippen molar-refractivity contribution in [2.45, 2.75) is 57.0 Å². The van der Waals surface area contributed by atoms with Crippen molar-refractivity contribution in [2.24, 2.45) is 5.92 Å². The average Bonchev–Trinajstić information content (AvgIpc) is 2.77. The second-order valence-corrected chi connectivity index (χ2v) is 9.14. The number of hydrogen-bond donors (Lipinski definition) is 0. The molecule has 1 aromatic rings. The number of benzene rings is 1. The van der Waals surface area contributed by atoms with Gasteiger partial charge in [0.1, 0.15) is 5.75 Å². The second-order valence-electron chi connectivity index (χ2n) is 9.14. The molecule has 3 heterocycles. The summed E-state index contributed by atoms with van der Waals surface area (Å²) in [7, 11) is 1.66. The first kappa shape index (κ1) is 20.7. The summed E-state index contributed by atoms with van der Waals surface area (Å²) in [4.78, 5) is 17.4. The lowest BCUT2D eigenvalue weighted by Gasteiger charge is -2.45. The Balaban J connectivity index is 1.18. The van der Waals surface area contributed by atoms with E-state index in [2.05, 4.69) is 9.80 Å². The van der Waals surface area contributed by atoms with E-state index in [1.807, 2.05) is 24.3 Å². The number of carbonyl (C=O) groups is 1. The maximum Gasteiger partial charge on any atom is 0.226 e. The molecule has 1 amide bonds. The van der Waals surface area contributed by atoms with Gasteiger partial charge in [0, 0.05) is 39.3 Å². The minimum absolute atomic E-state index is 0.200. The second kappa shape index (κ2) is 9.48. The highest BCUT2D eigenvalue weighted by atomic mass is 16.5. The topological polar surface area (TPSA) is 42.0 Å². The molecule has 4 rings (SSSR count). The van der Waals surface area contributed by atoms with Crippen molar-refractivity contribution in [2.75, 3.05) is 46.4 Å². The lowest BCUT2D eigenvalue weighted by atomic mass is 9.84. The average molecular weight is 401 g/mol. The Morgan fingerprint density at radius 1 is 1.07 bits per heavy atom. The Bertz CT molecular complexity index is 651. The molecule has 160 valence electrons. The Morgan fingerprint density at radius 2 is 1.79 bits per heavy atom. The number of likely N-dealkylation sites (tertiary alicyclic amines) is 2. The molecular formula is C24H36N2O3. The van der Waals surface area contributed by atoms with Crippen molar-refractivity contribution < 1.29 is 14.3 Å². The van der Waals surface area contributed by atoms with E-state index in [0.717, 1.165) is 49.8 Å². The molecule has 0 unspecified atom stereocenters. The Labute approximate surface area is 175 Å². The van der Waals surface area contributed by atoms with Gasteiger partial charge in [-0.05, 0) is 68.6 Å². The first-order chi connectivity index (χ1) is 14.2. The Morgan fingerprint density at radius 3 is 2.41 bits per heavy atom. The van der Waals surface area contributed by atoms with E-state index in [0.29, 0.717) is 6.42 Å². The predicted molar refractivity (Wildman–Crippen MR) is 114 cm³/mol. The fraction of sp³-hybridized carbons (Fsp3) is 0.708. The first-order valence-electron chi connectivity index (χ1n) is 11.4. The number of piperidine rings is 2. The minimum atomic E-state index is 0.200. The van der Waals surface area contributed by atoms with Crippen LogP contribution >= 0.6 is 0 Å². The third-order valence-electron chi connectivity index (χ3n) is 7.20. The van der Waals surface area contributed by atoms with E-state index in [4.69, 9.17) is 9.47 Å². The zero-order valence-electron chi connectivity index (χ0n) is 17.9. The summed E-state index contributed by atoms with van der Waals surface area (Å²) in [6.07, 6.45) is 8.99. The van der Waals surface area contributed by atoms with Crippen molar-refractivity contribution in [3.63, 3.8) is 0 Å². The summed E-state index contributed by atoms with van der Waals surface area (Å²) in [6, 6.07) is 7.83. The number of ether oxygens (including phenoxy) is 2. The van der Waals surface area contributed by atoms with Gasteiger partial charge in [0.05, 0.1) is 19.1 Å². The van der Waals surface area contributed by atoms with E-state index >= 15 is 0 Å². The molecule has 5 nitrogen and oxygen atoms in total. The van der Waals surface area contributed by atoms with Gasteiger partial charge in [-0.25, -0.2) is 0 Å². The van der Waals surface area contributed by atoms with Gasteiger partial charge >= 0.3 is 0 Å². The zero-order valence-corrected chi connectivity index (χ0v) is 17.9. The molecule has 0 N–H and O–H groups in total. The summed E-state index contributed by atoms with van der Waals surface area (Å²) in [5.41, 5.74) is 1.26. The molecule has 0 aromatic heterocycles. The minimum Gasteiger partial charge on any atom is -0.497 e. The van der Waals surface area contributed by atoms with Gasteiger partial charge in [-0.3, -0.25) is 4.79 Å². The molecule has 3 aliphatic heterocycles. The largest absolute Gasteiger partial charge is 0.497 e. The SMILES string of the molecule is COc1ccc(CC(=O)N2CCC(CN3CCC4(CCCCO4)CC3)CC2)cc1. The van der Waals surface area contributed by atoms with Crippen molar-refractivity contribution in [1.29, 1.82) is 0 Å². The molecule has 3 saturated heterocycles. The fourth-order valence-electron chi connectivity index (χ4n) is 5.21. The van der Waals surface area contributed by atoms with E-state index < -0.39 is 0 Å². The molecule has 1 spiro atoms. The van der Waals surface area contributed by atoms with Crippen LogP contribution in [0.3, 0.4) is 0 Å². The maximum absolute atomic E-state index is 12.7. The standard InChI is InChI=1S/C24H36N2O3/c1-28-22-6-4-20(5-7-22)18-23(27)26-13-8-21(9-14-26)19-25-15-11-24(12-16-25)10-2-3-17-29-24/h4-7,21H,2-3,8-19H2,1H3. The van der Waals surface area contributed by atoms with Crippen LogP contribution in [0.2, 0.25) is 0 Å². The molecule has 1 aromatic carbocycles. The summed E-state index contributed by atoms with van der Waals surface area (Å²) < 4.78 is 11.4.